The molecule has 0 saturated carbocycles. The summed E-state index contributed by atoms with van der Waals surface area (Å²) in [5.41, 5.74) is 8.72. The summed E-state index contributed by atoms with van der Waals surface area (Å²) in [6, 6.07) is 31.6. The maximum atomic E-state index is 13.6. The molecule has 3 heterocycles. The number of anilines is 1. The van der Waals surface area contributed by atoms with Gasteiger partial charge in [0.25, 0.3) is 5.91 Å². The SMILES string of the molecule is CC/C(=C(\c1ccc(O)cc1)c1ccc(OCCN2CCN(CCNc3ccc4c(c3)C[N+]([O-])(C3CCC(=O)NC3=O)C4)CC2)cc1)c1ccccc1. The molecule has 4 aromatic carbocycles. The van der Waals surface area contributed by atoms with Crippen LogP contribution in [0.2, 0.25) is 0 Å². The fourth-order valence-corrected chi connectivity index (χ4v) is 7.93. The molecule has 7 rings (SSSR count). The lowest BCUT2D eigenvalue weighted by Crippen LogP contribution is -2.58. The van der Waals surface area contributed by atoms with Crippen LogP contribution in [0, 0.1) is 5.21 Å². The second-order valence-corrected chi connectivity index (χ2v) is 14.3. The van der Waals surface area contributed by atoms with Gasteiger partial charge in [-0.05, 0) is 70.7 Å². The molecular weight excluding hydrogens is 667 g/mol. The molecule has 2 atom stereocenters. The number of benzene rings is 4. The smallest absolute Gasteiger partial charge is 0.285 e. The maximum Gasteiger partial charge on any atom is 0.285 e. The van der Waals surface area contributed by atoms with Crippen LogP contribution < -0.4 is 15.4 Å². The van der Waals surface area contributed by atoms with E-state index in [9.17, 15) is 19.9 Å². The van der Waals surface area contributed by atoms with Crippen molar-refractivity contribution in [3.05, 3.63) is 130 Å². The number of hydroxylamine groups is 3. The number of aromatic hydroxyl groups is 1. The standard InChI is InChI=1S/C43H49N5O5/c1-2-39(31-6-4-3-5-7-31)42(32-9-14-37(49)15-10-32)33-11-16-38(17-12-33)53-27-26-47-24-22-46(23-25-47)21-20-44-36-13-8-34-29-48(52,30-35(34)28-36)40-18-19-41(50)45-43(40)51/h3-17,28,40,44,49H,2,18-27,29-30H2,1H3,(H,45,50,51)/b42-39-. The molecule has 4 aromatic rings. The van der Waals surface area contributed by atoms with Crippen LogP contribution in [0.15, 0.2) is 97.1 Å². The number of carbonyl (C=O) groups excluding carboxylic acids is 2. The number of imide groups is 1. The van der Waals surface area contributed by atoms with E-state index >= 15 is 0 Å². The van der Waals surface area contributed by atoms with Crippen molar-refractivity contribution >= 4 is 28.6 Å². The van der Waals surface area contributed by atoms with Crippen LogP contribution in [-0.4, -0.2) is 89.8 Å². The van der Waals surface area contributed by atoms with Crippen LogP contribution in [-0.2, 0) is 22.7 Å². The summed E-state index contributed by atoms with van der Waals surface area (Å²) in [5.74, 6) is 0.364. The van der Waals surface area contributed by atoms with E-state index in [1.807, 2.05) is 36.4 Å². The summed E-state index contributed by atoms with van der Waals surface area (Å²) in [7, 11) is 0. The van der Waals surface area contributed by atoms with Crippen molar-refractivity contribution in [1.29, 1.82) is 0 Å². The molecule has 3 aliphatic heterocycles. The highest BCUT2D eigenvalue weighted by atomic mass is 16.5. The normalized spacial score (nSPS) is 21.1. The molecule has 276 valence electrons. The highest BCUT2D eigenvalue weighted by Gasteiger charge is 2.43. The summed E-state index contributed by atoms with van der Waals surface area (Å²) in [6.45, 7) is 9.89. The number of piperazine rings is 1. The Morgan fingerprint density at radius 2 is 1.51 bits per heavy atom. The number of hydrogen-bond acceptors (Lipinski definition) is 8. The Bertz CT molecular complexity index is 1920. The minimum Gasteiger partial charge on any atom is -0.632 e. The Labute approximate surface area is 311 Å². The Kier molecular flexibility index (Phi) is 11.2. The molecule has 2 unspecified atom stereocenters. The van der Waals surface area contributed by atoms with Gasteiger partial charge in [0.15, 0.2) is 6.04 Å². The molecule has 0 radical (unpaired) electrons. The largest absolute Gasteiger partial charge is 0.632 e. The third kappa shape index (κ3) is 8.63. The fourth-order valence-electron chi connectivity index (χ4n) is 7.93. The Morgan fingerprint density at radius 1 is 0.849 bits per heavy atom. The molecule has 3 aliphatic rings. The van der Waals surface area contributed by atoms with Gasteiger partial charge in [0.1, 0.15) is 31.2 Å². The van der Waals surface area contributed by atoms with Gasteiger partial charge in [-0.25, -0.2) is 0 Å². The molecule has 0 bridgehead atoms. The van der Waals surface area contributed by atoms with Crippen molar-refractivity contribution in [2.75, 3.05) is 57.7 Å². The van der Waals surface area contributed by atoms with E-state index in [1.54, 1.807) is 12.1 Å². The minimum absolute atomic E-state index is 0.220. The van der Waals surface area contributed by atoms with Gasteiger partial charge in [0, 0.05) is 75.5 Å². The van der Waals surface area contributed by atoms with Crippen molar-refractivity contribution in [1.82, 2.24) is 15.1 Å². The lowest BCUT2D eigenvalue weighted by Gasteiger charge is -2.45. The van der Waals surface area contributed by atoms with Gasteiger partial charge in [-0.1, -0.05) is 67.6 Å². The van der Waals surface area contributed by atoms with Crippen LogP contribution in [0.25, 0.3) is 11.1 Å². The third-order valence-corrected chi connectivity index (χ3v) is 10.8. The molecule has 10 nitrogen and oxygen atoms in total. The van der Waals surface area contributed by atoms with Crippen molar-refractivity contribution in [3.63, 3.8) is 0 Å². The van der Waals surface area contributed by atoms with Gasteiger partial charge in [-0.3, -0.25) is 24.7 Å². The van der Waals surface area contributed by atoms with E-state index in [0.717, 1.165) is 91.5 Å². The van der Waals surface area contributed by atoms with Gasteiger partial charge in [-0.15, -0.1) is 0 Å². The number of hydrogen-bond donors (Lipinski definition) is 3. The summed E-state index contributed by atoms with van der Waals surface area (Å²) < 4.78 is 5.58. The van der Waals surface area contributed by atoms with Crippen LogP contribution in [0.1, 0.15) is 54.0 Å². The molecule has 0 aromatic heterocycles. The first kappa shape index (κ1) is 36.4. The molecule has 3 N–H and O–H groups in total. The average Bonchev–Trinajstić information content (AvgIpc) is 3.51. The minimum atomic E-state index is -0.734. The van der Waals surface area contributed by atoms with Crippen molar-refractivity contribution in [2.24, 2.45) is 0 Å². The number of nitrogens with zero attached hydrogens (tertiary/aromatic N) is 3. The molecule has 53 heavy (non-hydrogen) atoms. The molecule has 2 fully saturated rings. The van der Waals surface area contributed by atoms with Crippen LogP contribution >= 0.6 is 0 Å². The number of rotatable bonds is 13. The first-order valence-electron chi connectivity index (χ1n) is 18.8. The lowest BCUT2D eigenvalue weighted by molar-refractivity contribution is -0.916. The zero-order chi connectivity index (χ0) is 36.8. The van der Waals surface area contributed by atoms with E-state index < -0.39 is 16.6 Å². The molecule has 0 spiro atoms. The number of piperidine rings is 1. The zero-order valence-electron chi connectivity index (χ0n) is 30.4. The number of quaternary nitrogens is 1. The molecule has 10 heteroatoms. The van der Waals surface area contributed by atoms with Crippen molar-refractivity contribution in [3.8, 4) is 11.5 Å². The quantitative estimate of drug-likeness (QED) is 0.0668. The van der Waals surface area contributed by atoms with E-state index in [2.05, 4.69) is 75.9 Å². The number of phenols is 1. The number of fused-ring (bicyclic) bond motifs is 1. The number of carbonyl (C=O) groups is 2. The third-order valence-electron chi connectivity index (χ3n) is 10.8. The predicted octanol–water partition coefficient (Wildman–Crippen LogP) is 6.00. The molecular formula is C43H49N5O5. The second-order valence-electron chi connectivity index (χ2n) is 14.3. The monoisotopic (exact) mass is 715 g/mol. The number of phenolic OH excluding ortho intramolecular Hbond substituents is 1. The van der Waals surface area contributed by atoms with Crippen LogP contribution in [0.3, 0.4) is 0 Å². The van der Waals surface area contributed by atoms with E-state index in [0.29, 0.717) is 13.0 Å². The lowest BCUT2D eigenvalue weighted by atomic mass is 9.88. The summed E-state index contributed by atoms with van der Waals surface area (Å²) in [5, 5.41) is 29.4. The van der Waals surface area contributed by atoms with E-state index in [4.69, 9.17) is 4.74 Å². The Morgan fingerprint density at radius 3 is 2.19 bits per heavy atom. The molecule has 2 saturated heterocycles. The van der Waals surface area contributed by atoms with Gasteiger partial charge in [-0.2, -0.15) is 0 Å². The summed E-state index contributed by atoms with van der Waals surface area (Å²) in [6.07, 6.45) is 1.40. The number of allylic oxidation sites excluding steroid dienone is 1. The van der Waals surface area contributed by atoms with E-state index in [-0.39, 0.29) is 31.2 Å². The first-order valence-corrected chi connectivity index (χ1v) is 18.8. The van der Waals surface area contributed by atoms with E-state index in [1.165, 1.54) is 11.1 Å². The van der Waals surface area contributed by atoms with Crippen LogP contribution in [0.5, 0.6) is 11.5 Å². The summed E-state index contributed by atoms with van der Waals surface area (Å²) >= 11 is 0. The number of nitrogens with one attached hydrogen (secondary N) is 2. The number of amides is 2. The van der Waals surface area contributed by atoms with Gasteiger partial charge < -0.3 is 25.0 Å². The predicted molar refractivity (Wildman–Crippen MR) is 208 cm³/mol. The fraction of sp³-hybridized carbons (Fsp3) is 0.349. The number of ether oxygens (including phenoxy) is 1. The van der Waals surface area contributed by atoms with Crippen molar-refractivity contribution in [2.45, 2.75) is 45.3 Å². The Hall–Kier alpha value is -5.00. The van der Waals surface area contributed by atoms with Gasteiger partial charge >= 0.3 is 0 Å². The zero-order valence-corrected chi connectivity index (χ0v) is 30.4. The van der Waals surface area contributed by atoms with Crippen molar-refractivity contribution < 1.29 is 24.1 Å². The average molecular weight is 716 g/mol. The van der Waals surface area contributed by atoms with Gasteiger partial charge in [0.05, 0.1) is 0 Å². The highest BCUT2D eigenvalue weighted by molar-refractivity contribution is 6.00. The summed E-state index contributed by atoms with van der Waals surface area (Å²) in [4.78, 5) is 28.9. The van der Waals surface area contributed by atoms with Gasteiger partial charge in [0.2, 0.25) is 5.91 Å². The Balaban J connectivity index is 0.856. The maximum absolute atomic E-state index is 13.6. The highest BCUT2D eigenvalue weighted by Crippen LogP contribution is 2.37. The molecule has 2 amide bonds. The molecule has 0 aliphatic carbocycles. The topological polar surface area (TPSA) is 117 Å². The first-order chi connectivity index (χ1) is 25.8. The second kappa shape index (κ2) is 16.3. The van der Waals surface area contributed by atoms with Crippen LogP contribution in [0.4, 0.5) is 5.69 Å².